The molecule has 4 rings (SSSR count). The molecule has 0 atom stereocenters. The zero-order valence-corrected chi connectivity index (χ0v) is 13.0. The molecule has 0 unspecified atom stereocenters. The molecule has 0 spiro atoms. The molecule has 3 aromatic rings. The van der Waals surface area contributed by atoms with Crippen molar-refractivity contribution in [1.82, 2.24) is 0 Å². The molecule has 0 saturated heterocycles. The van der Waals surface area contributed by atoms with Crippen molar-refractivity contribution in [3.63, 3.8) is 0 Å². The fourth-order valence-electron chi connectivity index (χ4n) is 2.81. The molecule has 1 aliphatic rings. The van der Waals surface area contributed by atoms with Crippen LogP contribution in [0.15, 0.2) is 66.7 Å². The lowest BCUT2D eigenvalue weighted by Crippen LogP contribution is -2.02. The number of hydrogen-bond donors (Lipinski definition) is 2. The summed E-state index contributed by atoms with van der Waals surface area (Å²) < 4.78 is 5.86. The minimum absolute atomic E-state index is 0.00265. The summed E-state index contributed by atoms with van der Waals surface area (Å²) in [5, 5.41) is 3.29. The standard InChI is InChI=1S/C20H16N2O2/c21-14-5-7-15(8-6-14)22-16-9-10-18-19(11-16)24-12-13-3-1-2-4-17(13)20(18)23/h1-11,22H,12,21H2. The minimum atomic E-state index is -0.00265. The summed E-state index contributed by atoms with van der Waals surface area (Å²) in [4.78, 5) is 12.7. The summed E-state index contributed by atoms with van der Waals surface area (Å²) in [5.74, 6) is 0.591. The number of nitrogens with one attached hydrogen (secondary N) is 1. The smallest absolute Gasteiger partial charge is 0.197 e. The number of ether oxygens (including phenoxy) is 1. The van der Waals surface area contributed by atoms with E-state index in [-0.39, 0.29) is 5.78 Å². The van der Waals surface area contributed by atoms with Crippen molar-refractivity contribution < 1.29 is 9.53 Å². The molecule has 1 heterocycles. The van der Waals surface area contributed by atoms with Crippen LogP contribution in [0.4, 0.5) is 17.1 Å². The zero-order chi connectivity index (χ0) is 16.5. The van der Waals surface area contributed by atoms with Crippen molar-refractivity contribution in [3.05, 3.63) is 83.4 Å². The van der Waals surface area contributed by atoms with E-state index in [9.17, 15) is 4.79 Å². The van der Waals surface area contributed by atoms with Crippen LogP contribution in [-0.4, -0.2) is 5.78 Å². The second-order valence-corrected chi connectivity index (χ2v) is 5.73. The average Bonchev–Trinajstić information content (AvgIpc) is 2.75. The summed E-state index contributed by atoms with van der Waals surface area (Å²) in [6.45, 7) is 0.389. The van der Waals surface area contributed by atoms with E-state index in [1.165, 1.54) is 0 Å². The maximum absolute atomic E-state index is 12.7. The van der Waals surface area contributed by atoms with Crippen LogP contribution in [0.1, 0.15) is 21.5 Å². The number of rotatable bonds is 2. The summed E-state index contributed by atoms with van der Waals surface area (Å²) in [7, 11) is 0. The van der Waals surface area contributed by atoms with Crippen LogP contribution in [0.5, 0.6) is 5.75 Å². The molecule has 0 amide bonds. The number of fused-ring (bicyclic) bond motifs is 2. The summed E-state index contributed by atoms with van der Waals surface area (Å²) >= 11 is 0. The van der Waals surface area contributed by atoms with Crippen LogP contribution in [-0.2, 0) is 6.61 Å². The monoisotopic (exact) mass is 316 g/mol. The molecule has 4 nitrogen and oxygen atoms in total. The number of benzene rings is 3. The van der Waals surface area contributed by atoms with E-state index in [2.05, 4.69) is 5.32 Å². The van der Waals surface area contributed by atoms with E-state index in [1.54, 1.807) is 6.07 Å². The molecule has 0 bridgehead atoms. The molecular formula is C20H16N2O2. The fraction of sp³-hybridized carbons (Fsp3) is 0.0500. The number of carbonyl (C=O) groups is 1. The number of nitrogen functional groups attached to an aromatic ring is 1. The highest BCUT2D eigenvalue weighted by molar-refractivity contribution is 6.12. The van der Waals surface area contributed by atoms with Gasteiger partial charge in [-0.2, -0.15) is 0 Å². The Morgan fingerprint density at radius 3 is 2.46 bits per heavy atom. The first-order valence-corrected chi connectivity index (χ1v) is 7.73. The van der Waals surface area contributed by atoms with E-state index in [0.29, 0.717) is 29.2 Å². The van der Waals surface area contributed by atoms with Crippen LogP contribution in [0.2, 0.25) is 0 Å². The van der Waals surface area contributed by atoms with Gasteiger partial charge in [-0.3, -0.25) is 4.79 Å². The van der Waals surface area contributed by atoms with E-state index in [1.807, 2.05) is 60.7 Å². The Bertz CT molecular complexity index is 917. The number of nitrogens with two attached hydrogens (primary N) is 1. The van der Waals surface area contributed by atoms with Gasteiger partial charge < -0.3 is 15.8 Å². The van der Waals surface area contributed by atoms with Crippen LogP contribution < -0.4 is 15.8 Å². The molecule has 4 heteroatoms. The third-order valence-electron chi connectivity index (χ3n) is 4.07. The molecule has 0 fully saturated rings. The topological polar surface area (TPSA) is 64.3 Å². The fourth-order valence-corrected chi connectivity index (χ4v) is 2.81. The van der Waals surface area contributed by atoms with E-state index < -0.39 is 0 Å². The van der Waals surface area contributed by atoms with E-state index in [4.69, 9.17) is 10.5 Å². The van der Waals surface area contributed by atoms with Gasteiger partial charge in [0.25, 0.3) is 0 Å². The van der Waals surface area contributed by atoms with Crippen LogP contribution in [0.3, 0.4) is 0 Å². The summed E-state index contributed by atoms with van der Waals surface area (Å²) in [6.07, 6.45) is 0. The first-order valence-electron chi connectivity index (χ1n) is 7.73. The predicted molar refractivity (Wildman–Crippen MR) is 94.8 cm³/mol. The number of ketones is 1. The van der Waals surface area contributed by atoms with Gasteiger partial charge in [0.1, 0.15) is 12.4 Å². The van der Waals surface area contributed by atoms with Gasteiger partial charge in [0.2, 0.25) is 0 Å². The Labute approximate surface area is 139 Å². The maximum atomic E-state index is 12.7. The minimum Gasteiger partial charge on any atom is -0.488 e. The van der Waals surface area contributed by atoms with Crippen LogP contribution >= 0.6 is 0 Å². The maximum Gasteiger partial charge on any atom is 0.197 e. The van der Waals surface area contributed by atoms with Crippen LogP contribution in [0, 0.1) is 0 Å². The van der Waals surface area contributed by atoms with Gasteiger partial charge in [-0.25, -0.2) is 0 Å². The quantitative estimate of drug-likeness (QED) is 0.698. The van der Waals surface area contributed by atoms with Gasteiger partial charge in [0, 0.05) is 34.3 Å². The second-order valence-electron chi connectivity index (χ2n) is 5.73. The van der Waals surface area contributed by atoms with Crippen molar-refractivity contribution in [2.24, 2.45) is 0 Å². The molecular weight excluding hydrogens is 300 g/mol. The van der Waals surface area contributed by atoms with Crippen molar-refractivity contribution in [2.45, 2.75) is 6.61 Å². The third kappa shape index (κ3) is 2.58. The first-order chi connectivity index (χ1) is 11.7. The molecule has 118 valence electrons. The van der Waals surface area contributed by atoms with Crippen molar-refractivity contribution in [2.75, 3.05) is 11.1 Å². The van der Waals surface area contributed by atoms with Crippen molar-refractivity contribution in [3.8, 4) is 5.75 Å². The largest absolute Gasteiger partial charge is 0.488 e. The predicted octanol–water partition coefficient (Wildman–Crippen LogP) is 4.14. The van der Waals surface area contributed by atoms with Crippen molar-refractivity contribution in [1.29, 1.82) is 0 Å². The molecule has 3 aromatic carbocycles. The zero-order valence-electron chi connectivity index (χ0n) is 13.0. The molecule has 1 aliphatic heterocycles. The van der Waals surface area contributed by atoms with Gasteiger partial charge in [-0.1, -0.05) is 24.3 Å². The highest BCUT2D eigenvalue weighted by Crippen LogP contribution is 2.31. The van der Waals surface area contributed by atoms with Crippen LogP contribution in [0.25, 0.3) is 0 Å². The Hall–Kier alpha value is -3.27. The normalized spacial score (nSPS) is 12.6. The van der Waals surface area contributed by atoms with E-state index in [0.717, 1.165) is 16.9 Å². The third-order valence-corrected chi connectivity index (χ3v) is 4.07. The Balaban J connectivity index is 1.67. The summed E-state index contributed by atoms with van der Waals surface area (Å²) in [5.41, 5.74) is 10.4. The summed E-state index contributed by atoms with van der Waals surface area (Å²) in [6, 6.07) is 20.6. The lowest BCUT2D eigenvalue weighted by atomic mass is 9.99. The van der Waals surface area contributed by atoms with Gasteiger partial charge >= 0.3 is 0 Å². The van der Waals surface area contributed by atoms with Gasteiger partial charge in [0.05, 0.1) is 5.56 Å². The lowest BCUT2D eigenvalue weighted by molar-refractivity contribution is 0.103. The van der Waals surface area contributed by atoms with Gasteiger partial charge in [-0.05, 0) is 36.4 Å². The molecule has 0 aromatic heterocycles. The Morgan fingerprint density at radius 2 is 1.62 bits per heavy atom. The molecule has 24 heavy (non-hydrogen) atoms. The first kappa shape index (κ1) is 14.3. The Kier molecular flexibility index (Phi) is 3.43. The molecule has 0 radical (unpaired) electrons. The van der Waals surface area contributed by atoms with Crippen molar-refractivity contribution >= 4 is 22.8 Å². The molecule has 3 N–H and O–H groups in total. The van der Waals surface area contributed by atoms with E-state index >= 15 is 0 Å². The van der Waals surface area contributed by atoms with Gasteiger partial charge in [0.15, 0.2) is 5.78 Å². The molecule has 0 saturated carbocycles. The second kappa shape index (κ2) is 5.74. The number of carbonyl (C=O) groups excluding carboxylic acids is 1. The highest BCUT2D eigenvalue weighted by Gasteiger charge is 2.22. The highest BCUT2D eigenvalue weighted by atomic mass is 16.5. The SMILES string of the molecule is Nc1ccc(Nc2ccc3c(c2)OCc2ccccc2C3=O)cc1. The van der Waals surface area contributed by atoms with Gasteiger partial charge in [-0.15, -0.1) is 0 Å². The molecule has 0 aliphatic carbocycles. The lowest BCUT2D eigenvalue weighted by Gasteiger charge is -2.11. The number of hydrogen-bond acceptors (Lipinski definition) is 4. The average molecular weight is 316 g/mol. The Morgan fingerprint density at radius 1 is 0.875 bits per heavy atom. The number of anilines is 3.